The summed E-state index contributed by atoms with van der Waals surface area (Å²) in [5.41, 5.74) is 6.63. The summed E-state index contributed by atoms with van der Waals surface area (Å²) in [5, 5.41) is 0. The number of morpholine rings is 1. The van der Waals surface area contributed by atoms with Crippen molar-refractivity contribution in [3.05, 3.63) is 34.3 Å². The van der Waals surface area contributed by atoms with Gasteiger partial charge in [-0.05, 0) is 30.7 Å². The molecule has 1 aromatic carbocycles. The van der Waals surface area contributed by atoms with E-state index >= 15 is 0 Å². The average molecular weight is 327 g/mol. The van der Waals surface area contributed by atoms with Crippen molar-refractivity contribution < 1.29 is 9.53 Å². The van der Waals surface area contributed by atoms with Crippen LogP contribution in [0.5, 0.6) is 0 Å². The van der Waals surface area contributed by atoms with Crippen molar-refractivity contribution in [2.45, 2.75) is 18.9 Å². The lowest BCUT2D eigenvalue weighted by atomic mass is 10.1. The third-order valence-corrected chi connectivity index (χ3v) is 3.85. The fraction of sp³-hybridized carbons (Fsp3) is 0.500. The number of halogens is 1. The summed E-state index contributed by atoms with van der Waals surface area (Å²) in [6, 6.07) is 7.99. The van der Waals surface area contributed by atoms with Crippen molar-refractivity contribution in [3.8, 4) is 0 Å². The lowest BCUT2D eigenvalue weighted by Gasteiger charge is -2.35. The normalized spacial score (nSPS) is 19.5. The lowest BCUT2D eigenvalue weighted by molar-refractivity contribution is -0.139. The van der Waals surface area contributed by atoms with E-state index in [0.717, 1.165) is 16.5 Å². The number of carbonyl (C=O) groups excluding carboxylic acids is 1. The zero-order chi connectivity index (χ0) is 13.7. The minimum absolute atomic E-state index is 0.127. The van der Waals surface area contributed by atoms with Crippen LogP contribution in [0.3, 0.4) is 0 Å². The molecule has 4 nitrogen and oxygen atoms in total. The van der Waals surface area contributed by atoms with Gasteiger partial charge in [0.25, 0.3) is 0 Å². The molecule has 1 amide bonds. The summed E-state index contributed by atoms with van der Waals surface area (Å²) in [7, 11) is 0. The predicted molar refractivity (Wildman–Crippen MR) is 77.8 cm³/mol. The third-order valence-electron chi connectivity index (χ3n) is 3.32. The van der Waals surface area contributed by atoms with Gasteiger partial charge in [0.15, 0.2) is 0 Å². The first kappa shape index (κ1) is 14.5. The van der Waals surface area contributed by atoms with Gasteiger partial charge in [0.05, 0.1) is 25.7 Å². The molecule has 19 heavy (non-hydrogen) atoms. The quantitative estimate of drug-likeness (QED) is 0.913. The van der Waals surface area contributed by atoms with Crippen LogP contribution in [-0.4, -0.2) is 43.2 Å². The SMILES string of the molecule is NCCC1COCCN1C(=O)Cc1ccc(Br)cc1. The summed E-state index contributed by atoms with van der Waals surface area (Å²) in [5.74, 6) is 0.157. The summed E-state index contributed by atoms with van der Waals surface area (Å²) in [4.78, 5) is 14.3. The minimum Gasteiger partial charge on any atom is -0.377 e. The Morgan fingerprint density at radius 2 is 2.16 bits per heavy atom. The van der Waals surface area contributed by atoms with E-state index in [1.807, 2.05) is 29.2 Å². The third kappa shape index (κ3) is 4.03. The molecular weight excluding hydrogens is 308 g/mol. The average Bonchev–Trinajstić information content (AvgIpc) is 2.42. The van der Waals surface area contributed by atoms with Crippen molar-refractivity contribution in [2.24, 2.45) is 5.73 Å². The Labute approximate surface area is 122 Å². The zero-order valence-electron chi connectivity index (χ0n) is 10.8. The number of amides is 1. The zero-order valence-corrected chi connectivity index (χ0v) is 12.4. The smallest absolute Gasteiger partial charge is 0.227 e. The number of hydrogen-bond acceptors (Lipinski definition) is 3. The highest BCUT2D eigenvalue weighted by Gasteiger charge is 2.26. The topological polar surface area (TPSA) is 55.6 Å². The molecule has 2 N–H and O–H groups in total. The summed E-state index contributed by atoms with van der Waals surface area (Å²) >= 11 is 3.39. The van der Waals surface area contributed by atoms with Crippen molar-refractivity contribution in [2.75, 3.05) is 26.3 Å². The molecular formula is C14H19BrN2O2. The molecule has 5 heteroatoms. The molecule has 0 radical (unpaired) electrons. The standard InChI is InChI=1S/C14H19BrN2O2/c15-12-3-1-11(2-4-12)9-14(18)17-7-8-19-10-13(17)5-6-16/h1-4,13H,5-10,16H2. The number of carbonyl (C=O) groups is 1. The maximum atomic E-state index is 12.4. The summed E-state index contributed by atoms with van der Waals surface area (Å²) < 4.78 is 6.45. The Hall–Kier alpha value is -0.910. The van der Waals surface area contributed by atoms with Gasteiger partial charge in [-0.25, -0.2) is 0 Å². The molecule has 1 heterocycles. The van der Waals surface area contributed by atoms with E-state index in [9.17, 15) is 4.79 Å². The van der Waals surface area contributed by atoms with Crippen molar-refractivity contribution in [1.82, 2.24) is 4.90 Å². The van der Waals surface area contributed by atoms with E-state index in [1.165, 1.54) is 0 Å². The minimum atomic E-state index is 0.127. The summed E-state index contributed by atoms with van der Waals surface area (Å²) in [6.45, 7) is 2.46. The van der Waals surface area contributed by atoms with Crippen LogP contribution in [0.15, 0.2) is 28.7 Å². The Morgan fingerprint density at radius 3 is 2.84 bits per heavy atom. The summed E-state index contributed by atoms with van der Waals surface area (Å²) in [6.07, 6.45) is 1.24. The molecule has 1 aliphatic heterocycles. The van der Waals surface area contributed by atoms with Crippen LogP contribution in [0.2, 0.25) is 0 Å². The molecule has 1 fully saturated rings. The van der Waals surface area contributed by atoms with Crippen molar-refractivity contribution >= 4 is 21.8 Å². The highest BCUT2D eigenvalue weighted by molar-refractivity contribution is 9.10. The van der Waals surface area contributed by atoms with Gasteiger partial charge in [0, 0.05) is 11.0 Å². The van der Waals surface area contributed by atoms with Gasteiger partial charge in [-0.1, -0.05) is 28.1 Å². The second-order valence-electron chi connectivity index (χ2n) is 4.70. The van der Waals surface area contributed by atoms with Gasteiger partial charge >= 0.3 is 0 Å². The maximum Gasteiger partial charge on any atom is 0.227 e. The first-order valence-electron chi connectivity index (χ1n) is 6.52. The van der Waals surface area contributed by atoms with Gasteiger partial charge in [-0.2, -0.15) is 0 Å². The van der Waals surface area contributed by atoms with Gasteiger partial charge in [0.2, 0.25) is 5.91 Å². The number of rotatable bonds is 4. The number of ether oxygens (including phenoxy) is 1. The molecule has 1 saturated heterocycles. The Bertz CT molecular complexity index is 420. The van der Waals surface area contributed by atoms with Crippen LogP contribution in [0.1, 0.15) is 12.0 Å². The predicted octanol–water partition coefficient (Wildman–Crippen LogP) is 1.57. The van der Waals surface area contributed by atoms with Gasteiger partial charge in [0.1, 0.15) is 0 Å². The molecule has 1 unspecified atom stereocenters. The molecule has 0 saturated carbocycles. The highest BCUT2D eigenvalue weighted by Crippen LogP contribution is 2.15. The number of nitrogens with zero attached hydrogens (tertiary/aromatic N) is 1. The van der Waals surface area contributed by atoms with E-state index in [0.29, 0.717) is 32.7 Å². The monoisotopic (exact) mass is 326 g/mol. The van der Waals surface area contributed by atoms with Crippen LogP contribution < -0.4 is 5.73 Å². The van der Waals surface area contributed by atoms with E-state index in [-0.39, 0.29) is 11.9 Å². The van der Waals surface area contributed by atoms with Crippen molar-refractivity contribution in [1.29, 1.82) is 0 Å². The molecule has 1 aromatic rings. The second-order valence-corrected chi connectivity index (χ2v) is 5.61. The highest BCUT2D eigenvalue weighted by atomic mass is 79.9. The number of hydrogen-bond donors (Lipinski definition) is 1. The fourth-order valence-electron chi connectivity index (χ4n) is 2.29. The fourth-order valence-corrected chi connectivity index (χ4v) is 2.56. The first-order chi connectivity index (χ1) is 9.20. The molecule has 0 aromatic heterocycles. The molecule has 2 rings (SSSR count). The van der Waals surface area contributed by atoms with Crippen LogP contribution in [0, 0.1) is 0 Å². The molecule has 104 valence electrons. The van der Waals surface area contributed by atoms with Crippen LogP contribution >= 0.6 is 15.9 Å². The number of benzene rings is 1. The molecule has 0 aliphatic carbocycles. The van der Waals surface area contributed by atoms with Gasteiger partial charge in [-0.15, -0.1) is 0 Å². The lowest BCUT2D eigenvalue weighted by Crippen LogP contribution is -2.50. The Balaban J connectivity index is 1.99. The van der Waals surface area contributed by atoms with Crippen LogP contribution in [-0.2, 0) is 16.0 Å². The molecule has 1 atom stereocenters. The van der Waals surface area contributed by atoms with E-state index in [4.69, 9.17) is 10.5 Å². The van der Waals surface area contributed by atoms with Gasteiger partial charge in [-0.3, -0.25) is 4.79 Å². The second kappa shape index (κ2) is 7.03. The molecule has 0 bridgehead atoms. The van der Waals surface area contributed by atoms with E-state index in [2.05, 4.69) is 15.9 Å². The largest absolute Gasteiger partial charge is 0.377 e. The van der Waals surface area contributed by atoms with Crippen LogP contribution in [0.4, 0.5) is 0 Å². The Kier molecular flexibility index (Phi) is 5.36. The van der Waals surface area contributed by atoms with Gasteiger partial charge < -0.3 is 15.4 Å². The Morgan fingerprint density at radius 1 is 1.42 bits per heavy atom. The van der Waals surface area contributed by atoms with E-state index in [1.54, 1.807) is 0 Å². The molecule has 0 spiro atoms. The molecule has 1 aliphatic rings. The maximum absolute atomic E-state index is 12.4. The van der Waals surface area contributed by atoms with E-state index < -0.39 is 0 Å². The van der Waals surface area contributed by atoms with Crippen molar-refractivity contribution in [3.63, 3.8) is 0 Å². The number of nitrogens with two attached hydrogens (primary N) is 1. The van der Waals surface area contributed by atoms with Crippen LogP contribution in [0.25, 0.3) is 0 Å². The first-order valence-corrected chi connectivity index (χ1v) is 7.31.